The molecule has 0 N–H and O–H groups in total. The SMILES string of the molecule is N#CC1(Cc2sccc2Br)CCS(=O)(=O)C1. The zero-order valence-corrected chi connectivity index (χ0v) is 11.7. The Bertz CT molecular complexity index is 543. The molecule has 1 aromatic heterocycles. The van der Waals surface area contributed by atoms with E-state index in [9.17, 15) is 13.7 Å². The van der Waals surface area contributed by atoms with Gasteiger partial charge in [-0.2, -0.15) is 5.26 Å². The first-order chi connectivity index (χ1) is 7.46. The van der Waals surface area contributed by atoms with Gasteiger partial charge in [0, 0.05) is 15.8 Å². The summed E-state index contributed by atoms with van der Waals surface area (Å²) < 4.78 is 23.9. The summed E-state index contributed by atoms with van der Waals surface area (Å²) >= 11 is 4.96. The summed E-state index contributed by atoms with van der Waals surface area (Å²) in [4.78, 5) is 1.05. The minimum atomic E-state index is -3.02. The molecule has 0 radical (unpaired) electrons. The number of rotatable bonds is 2. The molecule has 0 saturated carbocycles. The number of nitrogens with zero attached hydrogens (tertiary/aromatic N) is 1. The number of halogens is 1. The fraction of sp³-hybridized carbons (Fsp3) is 0.500. The van der Waals surface area contributed by atoms with Gasteiger partial charge in [-0.1, -0.05) is 0 Å². The van der Waals surface area contributed by atoms with Crippen LogP contribution < -0.4 is 0 Å². The quantitative estimate of drug-likeness (QED) is 0.841. The number of nitriles is 1. The van der Waals surface area contributed by atoms with Gasteiger partial charge in [0.1, 0.15) is 0 Å². The van der Waals surface area contributed by atoms with Crippen LogP contribution in [0.1, 0.15) is 11.3 Å². The minimum Gasteiger partial charge on any atom is -0.229 e. The van der Waals surface area contributed by atoms with Crippen molar-refractivity contribution in [3.8, 4) is 6.07 Å². The van der Waals surface area contributed by atoms with Crippen LogP contribution in [0.2, 0.25) is 0 Å². The molecule has 2 rings (SSSR count). The molecule has 6 heteroatoms. The second-order valence-corrected chi connectivity index (χ2v) is 8.14. The van der Waals surface area contributed by atoms with Gasteiger partial charge < -0.3 is 0 Å². The molecule has 0 aromatic carbocycles. The maximum atomic E-state index is 11.5. The predicted octanol–water partition coefficient (Wildman–Crippen LogP) is 2.38. The highest BCUT2D eigenvalue weighted by atomic mass is 79.9. The second-order valence-electron chi connectivity index (χ2n) is 4.10. The Kier molecular flexibility index (Phi) is 3.12. The Balaban J connectivity index is 2.26. The Morgan fingerprint density at radius 2 is 2.38 bits per heavy atom. The largest absolute Gasteiger partial charge is 0.229 e. The monoisotopic (exact) mass is 319 g/mol. The lowest BCUT2D eigenvalue weighted by atomic mass is 9.85. The van der Waals surface area contributed by atoms with Crippen molar-refractivity contribution < 1.29 is 8.42 Å². The van der Waals surface area contributed by atoms with E-state index in [0.29, 0.717) is 12.8 Å². The summed E-state index contributed by atoms with van der Waals surface area (Å²) in [6, 6.07) is 4.13. The molecule has 0 amide bonds. The van der Waals surface area contributed by atoms with Gasteiger partial charge in [0.05, 0.1) is 23.0 Å². The van der Waals surface area contributed by atoms with Gasteiger partial charge in [-0.05, 0) is 33.8 Å². The van der Waals surface area contributed by atoms with E-state index in [4.69, 9.17) is 0 Å². The van der Waals surface area contributed by atoms with Crippen LogP contribution in [-0.2, 0) is 16.3 Å². The average Bonchev–Trinajstić information content (AvgIpc) is 2.73. The maximum Gasteiger partial charge on any atom is 0.151 e. The highest BCUT2D eigenvalue weighted by molar-refractivity contribution is 9.10. The van der Waals surface area contributed by atoms with Gasteiger partial charge in [-0.15, -0.1) is 11.3 Å². The molecule has 2 heterocycles. The molecular formula is C10H10BrNO2S2. The van der Waals surface area contributed by atoms with Crippen molar-refractivity contribution in [3.05, 3.63) is 20.8 Å². The normalized spacial score (nSPS) is 27.8. The zero-order chi connectivity index (χ0) is 11.8. The van der Waals surface area contributed by atoms with Crippen molar-refractivity contribution in [1.29, 1.82) is 5.26 Å². The number of hydrogen-bond acceptors (Lipinski definition) is 4. The van der Waals surface area contributed by atoms with Crippen LogP contribution in [-0.4, -0.2) is 19.9 Å². The van der Waals surface area contributed by atoms with E-state index < -0.39 is 15.3 Å². The van der Waals surface area contributed by atoms with Crippen molar-refractivity contribution in [1.82, 2.24) is 0 Å². The smallest absolute Gasteiger partial charge is 0.151 e. The zero-order valence-electron chi connectivity index (χ0n) is 8.44. The third-order valence-electron chi connectivity index (χ3n) is 2.81. The van der Waals surface area contributed by atoms with E-state index in [1.807, 2.05) is 11.4 Å². The van der Waals surface area contributed by atoms with Gasteiger partial charge in [0.25, 0.3) is 0 Å². The molecule has 1 unspecified atom stereocenters. The summed E-state index contributed by atoms with van der Waals surface area (Å²) in [6.45, 7) is 0. The molecule has 0 aliphatic carbocycles. The fourth-order valence-corrected chi connectivity index (χ4v) is 5.58. The van der Waals surface area contributed by atoms with Crippen molar-refractivity contribution in [2.45, 2.75) is 12.8 Å². The standard InChI is InChI=1S/C10H10BrNO2S2/c11-8-1-3-15-9(8)5-10(6-12)2-4-16(13,14)7-10/h1,3H,2,4-5,7H2. The summed E-state index contributed by atoms with van der Waals surface area (Å²) in [5.74, 6) is 0.143. The van der Waals surface area contributed by atoms with Crippen LogP contribution in [0.5, 0.6) is 0 Å². The van der Waals surface area contributed by atoms with Gasteiger partial charge in [0.15, 0.2) is 9.84 Å². The summed E-state index contributed by atoms with van der Waals surface area (Å²) in [5, 5.41) is 11.2. The molecular weight excluding hydrogens is 310 g/mol. The fourth-order valence-electron chi connectivity index (χ4n) is 1.94. The molecule has 1 fully saturated rings. The van der Waals surface area contributed by atoms with Gasteiger partial charge >= 0.3 is 0 Å². The maximum absolute atomic E-state index is 11.5. The number of thiophene rings is 1. The minimum absolute atomic E-state index is 0.000833. The summed E-state index contributed by atoms with van der Waals surface area (Å²) in [6.07, 6.45) is 0.983. The molecule has 0 bridgehead atoms. The van der Waals surface area contributed by atoms with Crippen molar-refractivity contribution in [2.24, 2.45) is 5.41 Å². The highest BCUT2D eigenvalue weighted by Crippen LogP contribution is 2.38. The third-order valence-corrected chi connectivity index (χ3v) is 6.56. The van der Waals surface area contributed by atoms with Crippen molar-refractivity contribution in [3.63, 3.8) is 0 Å². The Labute approximate surface area is 107 Å². The lowest BCUT2D eigenvalue weighted by Crippen LogP contribution is -2.22. The van der Waals surface area contributed by atoms with Crippen molar-refractivity contribution in [2.75, 3.05) is 11.5 Å². The first-order valence-electron chi connectivity index (χ1n) is 4.80. The summed E-state index contributed by atoms with van der Waals surface area (Å²) in [7, 11) is -3.02. The molecule has 3 nitrogen and oxygen atoms in total. The summed E-state index contributed by atoms with van der Waals surface area (Å²) in [5.41, 5.74) is -0.716. The van der Waals surface area contributed by atoms with Crippen LogP contribution >= 0.6 is 27.3 Å². The molecule has 1 aromatic rings. The second kappa shape index (κ2) is 4.13. The molecule has 16 heavy (non-hydrogen) atoms. The molecule has 1 aliphatic rings. The lowest BCUT2D eigenvalue weighted by Gasteiger charge is -2.17. The van der Waals surface area contributed by atoms with Crippen LogP contribution in [0.15, 0.2) is 15.9 Å². The third kappa shape index (κ3) is 2.31. The topological polar surface area (TPSA) is 57.9 Å². The van der Waals surface area contributed by atoms with Gasteiger partial charge in [-0.25, -0.2) is 8.42 Å². The lowest BCUT2D eigenvalue weighted by molar-refractivity contribution is 0.454. The van der Waals surface area contributed by atoms with Gasteiger partial charge in [-0.3, -0.25) is 0 Å². The number of sulfone groups is 1. The molecule has 1 saturated heterocycles. The molecule has 1 atom stereocenters. The van der Waals surface area contributed by atoms with Crippen LogP contribution in [0.4, 0.5) is 0 Å². The first-order valence-corrected chi connectivity index (χ1v) is 8.29. The molecule has 1 aliphatic heterocycles. The Hall–Kier alpha value is -0.380. The number of hydrogen-bond donors (Lipinski definition) is 0. The van der Waals surface area contributed by atoms with E-state index in [2.05, 4.69) is 22.0 Å². The van der Waals surface area contributed by atoms with Crippen LogP contribution in [0, 0.1) is 16.7 Å². The highest BCUT2D eigenvalue weighted by Gasteiger charge is 2.43. The Morgan fingerprint density at radius 1 is 1.62 bits per heavy atom. The first kappa shape index (κ1) is 12.1. The van der Waals surface area contributed by atoms with E-state index in [1.165, 1.54) is 0 Å². The van der Waals surface area contributed by atoms with E-state index >= 15 is 0 Å². The van der Waals surface area contributed by atoms with Crippen LogP contribution in [0.25, 0.3) is 0 Å². The molecule has 86 valence electrons. The van der Waals surface area contributed by atoms with E-state index in [0.717, 1.165) is 9.35 Å². The van der Waals surface area contributed by atoms with Crippen molar-refractivity contribution >= 4 is 37.1 Å². The van der Waals surface area contributed by atoms with Gasteiger partial charge in [0.2, 0.25) is 0 Å². The van der Waals surface area contributed by atoms with Crippen LogP contribution in [0.3, 0.4) is 0 Å². The van der Waals surface area contributed by atoms with E-state index in [-0.39, 0.29) is 11.5 Å². The Morgan fingerprint density at radius 3 is 2.81 bits per heavy atom. The van der Waals surface area contributed by atoms with E-state index in [1.54, 1.807) is 11.3 Å². The predicted molar refractivity (Wildman–Crippen MR) is 67.0 cm³/mol. The molecule has 0 spiro atoms. The average molecular weight is 320 g/mol.